The van der Waals surface area contributed by atoms with Crippen LogP contribution in [0.25, 0.3) is 0 Å². The van der Waals surface area contributed by atoms with Gasteiger partial charge in [-0.1, -0.05) is 34.8 Å². The first kappa shape index (κ1) is 15.8. The molecule has 0 fully saturated rings. The van der Waals surface area contributed by atoms with Gasteiger partial charge in [-0.25, -0.2) is 4.79 Å². The zero-order valence-electron chi connectivity index (χ0n) is 11.0. The van der Waals surface area contributed by atoms with Crippen LogP contribution in [0.1, 0.15) is 5.56 Å². The van der Waals surface area contributed by atoms with E-state index in [0.29, 0.717) is 32.1 Å². The van der Waals surface area contributed by atoms with Crippen LogP contribution in [0.3, 0.4) is 0 Å². The molecule has 0 aliphatic heterocycles. The SMILES string of the molecule is Cc1cc(N)c(Cl)cc1NC(=O)Nc1ccc(Cl)c(Cl)c1. The van der Waals surface area contributed by atoms with Crippen molar-refractivity contribution < 1.29 is 4.79 Å². The minimum Gasteiger partial charge on any atom is -0.398 e. The zero-order valence-corrected chi connectivity index (χ0v) is 13.3. The number of hydrogen-bond donors (Lipinski definition) is 3. The van der Waals surface area contributed by atoms with Gasteiger partial charge < -0.3 is 16.4 Å². The van der Waals surface area contributed by atoms with E-state index in [9.17, 15) is 4.79 Å². The number of halogens is 3. The molecular formula is C14H12Cl3N3O. The van der Waals surface area contributed by atoms with Gasteiger partial charge in [-0.05, 0) is 42.8 Å². The summed E-state index contributed by atoms with van der Waals surface area (Å²) in [6, 6.07) is 7.68. The summed E-state index contributed by atoms with van der Waals surface area (Å²) < 4.78 is 0. The Kier molecular flexibility index (Phi) is 4.83. The molecule has 0 bridgehead atoms. The van der Waals surface area contributed by atoms with Crippen LogP contribution >= 0.6 is 34.8 Å². The molecule has 2 amide bonds. The van der Waals surface area contributed by atoms with E-state index >= 15 is 0 Å². The Morgan fingerprint density at radius 3 is 2.38 bits per heavy atom. The summed E-state index contributed by atoms with van der Waals surface area (Å²) in [5.74, 6) is 0. The van der Waals surface area contributed by atoms with Gasteiger partial charge in [0, 0.05) is 11.4 Å². The van der Waals surface area contributed by atoms with Gasteiger partial charge in [0.2, 0.25) is 0 Å². The summed E-state index contributed by atoms with van der Waals surface area (Å²) in [6.07, 6.45) is 0. The number of nitrogen functional groups attached to an aromatic ring is 1. The van der Waals surface area contributed by atoms with Crippen LogP contribution in [0.2, 0.25) is 15.1 Å². The van der Waals surface area contributed by atoms with Crippen LogP contribution in [-0.2, 0) is 0 Å². The lowest BCUT2D eigenvalue weighted by molar-refractivity contribution is 0.262. The molecule has 0 unspecified atom stereocenters. The predicted molar refractivity (Wildman–Crippen MR) is 89.7 cm³/mol. The van der Waals surface area contributed by atoms with Gasteiger partial charge in [0.25, 0.3) is 0 Å². The number of carbonyl (C=O) groups is 1. The Hall–Kier alpha value is -1.62. The Bertz CT molecular complexity index is 704. The van der Waals surface area contributed by atoms with Crippen molar-refractivity contribution in [3.8, 4) is 0 Å². The number of anilines is 3. The first-order valence-electron chi connectivity index (χ1n) is 5.95. The van der Waals surface area contributed by atoms with E-state index in [4.69, 9.17) is 40.5 Å². The fourth-order valence-corrected chi connectivity index (χ4v) is 2.16. The number of urea groups is 1. The Balaban J connectivity index is 2.11. The number of nitrogens with one attached hydrogen (secondary N) is 2. The Labute approximate surface area is 137 Å². The molecule has 0 atom stereocenters. The van der Waals surface area contributed by atoms with E-state index in [1.54, 1.807) is 30.3 Å². The highest BCUT2D eigenvalue weighted by Crippen LogP contribution is 2.27. The predicted octanol–water partition coefficient (Wildman–Crippen LogP) is 5.18. The van der Waals surface area contributed by atoms with Crippen molar-refractivity contribution in [2.75, 3.05) is 16.4 Å². The van der Waals surface area contributed by atoms with Crippen molar-refractivity contribution in [1.29, 1.82) is 0 Å². The maximum Gasteiger partial charge on any atom is 0.323 e. The van der Waals surface area contributed by atoms with Crippen molar-refractivity contribution in [3.05, 3.63) is 51.0 Å². The molecule has 2 aromatic rings. The number of hydrogen-bond acceptors (Lipinski definition) is 2. The summed E-state index contributed by atoms with van der Waals surface area (Å²) in [6.45, 7) is 1.82. The standard InChI is InChI=1S/C14H12Cl3N3O/c1-7-4-12(18)11(17)6-13(7)20-14(21)19-8-2-3-9(15)10(16)5-8/h2-6H,18H2,1H3,(H2,19,20,21). The third-order valence-electron chi connectivity index (χ3n) is 2.77. The molecule has 0 spiro atoms. The molecule has 0 radical (unpaired) electrons. The van der Waals surface area contributed by atoms with Gasteiger partial charge in [-0.15, -0.1) is 0 Å². The van der Waals surface area contributed by atoms with Gasteiger partial charge in [-0.3, -0.25) is 0 Å². The second-order valence-corrected chi connectivity index (χ2v) is 5.62. The van der Waals surface area contributed by atoms with Gasteiger partial charge in [-0.2, -0.15) is 0 Å². The van der Waals surface area contributed by atoms with Crippen molar-refractivity contribution in [2.45, 2.75) is 6.92 Å². The van der Waals surface area contributed by atoms with Crippen LogP contribution in [0, 0.1) is 6.92 Å². The summed E-state index contributed by atoms with van der Waals surface area (Å²) in [5, 5.41) is 6.51. The first-order chi connectivity index (χ1) is 9.86. The van der Waals surface area contributed by atoms with Crippen LogP contribution in [0.4, 0.5) is 21.9 Å². The average Bonchev–Trinajstić information content (AvgIpc) is 2.40. The summed E-state index contributed by atoms with van der Waals surface area (Å²) in [5.41, 5.74) is 8.06. The molecule has 7 heteroatoms. The number of nitrogens with two attached hydrogens (primary N) is 1. The fraction of sp³-hybridized carbons (Fsp3) is 0.0714. The lowest BCUT2D eigenvalue weighted by Crippen LogP contribution is -2.20. The number of carbonyl (C=O) groups excluding carboxylic acids is 1. The highest BCUT2D eigenvalue weighted by atomic mass is 35.5. The second-order valence-electron chi connectivity index (χ2n) is 4.40. The normalized spacial score (nSPS) is 10.3. The maximum atomic E-state index is 12.0. The number of aryl methyl sites for hydroxylation is 1. The molecule has 4 nitrogen and oxygen atoms in total. The summed E-state index contributed by atoms with van der Waals surface area (Å²) in [4.78, 5) is 12.0. The lowest BCUT2D eigenvalue weighted by Gasteiger charge is -2.12. The molecule has 0 aromatic heterocycles. The van der Waals surface area contributed by atoms with Crippen LogP contribution in [0.15, 0.2) is 30.3 Å². The summed E-state index contributed by atoms with van der Waals surface area (Å²) >= 11 is 17.6. The average molecular weight is 345 g/mol. The molecule has 2 aromatic carbocycles. The number of rotatable bonds is 2. The highest BCUT2D eigenvalue weighted by molar-refractivity contribution is 6.42. The molecule has 21 heavy (non-hydrogen) atoms. The monoisotopic (exact) mass is 343 g/mol. The number of benzene rings is 2. The molecule has 0 saturated carbocycles. The number of amides is 2. The third-order valence-corrected chi connectivity index (χ3v) is 3.84. The maximum absolute atomic E-state index is 12.0. The van der Waals surface area contributed by atoms with Crippen molar-refractivity contribution in [2.24, 2.45) is 0 Å². The second kappa shape index (κ2) is 6.43. The molecule has 0 aliphatic carbocycles. The topological polar surface area (TPSA) is 67.1 Å². The van der Waals surface area contributed by atoms with Crippen molar-refractivity contribution >= 4 is 57.9 Å². The van der Waals surface area contributed by atoms with Crippen LogP contribution in [0.5, 0.6) is 0 Å². The van der Waals surface area contributed by atoms with E-state index < -0.39 is 6.03 Å². The van der Waals surface area contributed by atoms with E-state index in [2.05, 4.69) is 10.6 Å². The molecular weight excluding hydrogens is 333 g/mol. The van der Waals surface area contributed by atoms with E-state index in [1.165, 1.54) is 0 Å². The fourth-order valence-electron chi connectivity index (χ4n) is 1.70. The molecule has 0 saturated heterocycles. The largest absolute Gasteiger partial charge is 0.398 e. The molecule has 4 N–H and O–H groups in total. The van der Waals surface area contributed by atoms with Crippen LogP contribution in [-0.4, -0.2) is 6.03 Å². The smallest absolute Gasteiger partial charge is 0.323 e. The van der Waals surface area contributed by atoms with Crippen molar-refractivity contribution in [3.63, 3.8) is 0 Å². The minimum absolute atomic E-state index is 0.362. The molecule has 0 heterocycles. The quantitative estimate of drug-likeness (QED) is 0.657. The highest BCUT2D eigenvalue weighted by Gasteiger charge is 2.08. The first-order valence-corrected chi connectivity index (χ1v) is 7.09. The van der Waals surface area contributed by atoms with Gasteiger partial charge in [0.15, 0.2) is 0 Å². The zero-order chi connectivity index (χ0) is 15.6. The van der Waals surface area contributed by atoms with E-state index in [0.717, 1.165) is 5.56 Å². The molecule has 0 aliphatic rings. The third kappa shape index (κ3) is 3.94. The molecule has 2 rings (SSSR count). The Morgan fingerprint density at radius 1 is 1.00 bits per heavy atom. The van der Waals surface area contributed by atoms with Crippen LogP contribution < -0.4 is 16.4 Å². The van der Waals surface area contributed by atoms with Gasteiger partial charge in [0.1, 0.15) is 0 Å². The van der Waals surface area contributed by atoms with Gasteiger partial charge in [0.05, 0.1) is 20.8 Å². The minimum atomic E-state index is -0.419. The van der Waals surface area contributed by atoms with Crippen molar-refractivity contribution in [1.82, 2.24) is 0 Å². The molecule has 110 valence electrons. The van der Waals surface area contributed by atoms with E-state index in [-0.39, 0.29) is 0 Å². The van der Waals surface area contributed by atoms with Gasteiger partial charge >= 0.3 is 6.03 Å². The summed E-state index contributed by atoms with van der Waals surface area (Å²) in [7, 11) is 0. The Morgan fingerprint density at radius 2 is 1.71 bits per heavy atom. The van der Waals surface area contributed by atoms with E-state index in [1.807, 2.05) is 6.92 Å². The lowest BCUT2D eigenvalue weighted by atomic mass is 10.2.